The number of phenolic OH excluding ortho intramolecular Hbond substituents is 1. The van der Waals surface area contributed by atoms with Crippen molar-refractivity contribution in [2.45, 2.75) is 27.3 Å². The lowest BCUT2D eigenvalue weighted by Crippen LogP contribution is -2.02. The number of anilines is 1. The van der Waals surface area contributed by atoms with E-state index in [1.54, 1.807) is 12.1 Å². The molecule has 3 rings (SSSR count). The van der Waals surface area contributed by atoms with E-state index in [9.17, 15) is 10.4 Å². The predicted molar refractivity (Wildman–Crippen MR) is 103 cm³/mol. The van der Waals surface area contributed by atoms with Gasteiger partial charge >= 0.3 is 0 Å². The van der Waals surface area contributed by atoms with E-state index in [-0.39, 0.29) is 17.1 Å². The largest absolute Gasteiger partial charge is 0.508 e. The molecule has 27 heavy (non-hydrogen) atoms. The van der Waals surface area contributed by atoms with Crippen LogP contribution in [0.25, 0.3) is 22.4 Å². The van der Waals surface area contributed by atoms with Crippen LogP contribution in [-0.4, -0.2) is 27.0 Å². The number of nitrogens with zero attached hydrogens (tertiary/aromatic N) is 4. The lowest BCUT2D eigenvalue weighted by molar-refractivity contribution is 0.409. The minimum absolute atomic E-state index is 0.0762. The Balaban J connectivity index is 2.31. The van der Waals surface area contributed by atoms with Crippen LogP contribution in [0.1, 0.15) is 23.9 Å². The van der Waals surface area contributed by atoms with Crippen molar-refractivity contribution in [3.63, 3.8) is 0 Å². The number of hydrogen-bond acceptors (Lipinski definition) is 6. The van der Waals surface area contributed by atoms with Crippen molar-refractivity contribution < 1.29 is 9.84 Å². The number of hydrogen-bond donors (Lipinski definition) is 2. The van der Waals surface area contributed by atoms with Crippen molar-refractivity contribution >= 4 is 5.82 Å². The molecule has 2 aromatic heterocycles. The minimum Gasteiger partial charge on any atom is -0.508 e. The molecule has 0 saturated carbocycles. The fourth-order valence-electron chi connectivity index (χ4n) is 3.30. The zero-order valence-corrected chi connectivity index (χ0v) is 15.7. The van der Waals surface area contributed by atoms with Crippen LogP contribution in [-0.2, 0) is 6.54 Å². The van der Waals surface area contributed by atoms with Crippen LogP contribution in [0.3, 0.4) is 0 Å². The van der Waals surface area contributed by atoms with Gasteiger partial charge in [0.05, 0.1) is 18.5 Å². The van der Waals surface area contributed by atoms with Crippen molar-refractivity contribution in [1.82, 2.24) is 14.8 Å². The van der Waals surface area contributed by atoms with Crippen LogP contribution in [0.15, 0.2) is 24.3 Å². The summed E-state index contributed by atoms with van der Waals surface area (Å²) < 4.78 is 7.29. The summed E-state index contributed by atoms with van der Waals surface area (Å²) in [6.45, 7) is 6.68. The monoisotopic (exact) mass is 363 g/mol. The summed E-state index contributed by atoms with van der Waals surface area (Å²) in [7, 11) is 1.51. The number of rotatable bonds is 4. The minimum atomic E-state index is 0.0762. The first-order chi connectivity index (χ1) is 12.9. The predicted octanol–water partition coefficient (Wildman–Crippen LogP) is 3.42. The van der Waals surface area contributed by atoms with Gasteiger partial charge in [-0.05, 0) is 39.0 Å². The quantitative estimate of drug-likeness (QED) is 0.735. The van der Waals surface area contributed by atoms with Gasteiger partial charge in [0.2, 0.25) is 0 Å². The zero-order valence-electron chi connectivity index (χ0n) is 15.7. The van der Waals surface area contributed by atoms with E-state index in [1.165, 1.54) is 13.2 Å². The summed E-state index contributed by atoms with van der Waals surface area (Å²) in [5.74, 6) is 0.663. The van der Waals surface area contributed by atoms with E-state index in [4.69, 9.17) is 10.5 Å². The van der Waals surface area contributed by atoms with Crippen molar-refractivity contribution in [3.05, 3.63) is 41.2 Å². The summed E-state index contributed by atoms with van der Waals surface area (Å²) in [5.41, 5.74) is 11.0. The molecular formula is C20H21N5O2. The van der Waals surface area contributed by atoms with E-state index in [1.807, 2.05) is 31.5 Å². The Kier molecular flexibility index (Phi) is 4.74. The number of nitrogen functional groups attached to an aromatic ring is 1. The summed E-state index contributed by atoms with van der Waals surface area (Å²) in [6.07, 6.45) is 0. The summed E-state index contributed by atoms with van der Waals surface area (Å²) in [4.78, 5) is 4.45. The third-order valence-corrected chi connectivity index (χ3v) is 4.57. The molecule has 0 bridgehead atoms. The average Bonchev–Trinajstić information content (AvgIpc) is 2.94. The van der Waals surface area contributed by atoms with E-state index in [2.05, 4.69) is 16.2 Å². The summed E-state index contributed by atoms with van der Waals surface area (Å²) in [6, 6.07) is 8.68. The Morgan fingerprint density at radius 1 is 1.26 bits per heavy atom. The van der Waals surface area contributed by atoms with Gasteiger partial charge in [-0.15, -0.1) is 0 Å². The first-order valence-electron chi connectivity index (χ1n) is 8.53. The molecule has 0 saturated heterocycles. The number of nitrogens with two attached hydrogens (primary N) is 1. The maximum atomic E-state index is 9.74. The number of phenols is 1. The molecular weight excluding hydrogens is 342 g/mol. The van der Waals surface area contributed by atoms with E-state index in [0.717, 1.165) is 23.5 Å². The molecule has 0 aliphatic carbocycles. The molecule has 0 atom stereocenters. The maximum Gasteiger partial charge on any atom is 0.142 e. The topological polar surface area (TPSA) is 110 Å². The van der Waals surface area contributed by atoms with Gasteiger partial charge in [-0.3, -0.25) is 4.68 Å². The summed E-state index contributed by atoms with van der Waals surface area (Å²) in [5, 5.41) is 23.9. The van der Waals surface area contributed by atoms with Gasteiger partial charge in [0.1, 0.15) is 28.9 Å². The Morgan fingerprint density at radius 2 is 2.00 bits per heavy atom. The Morgan fingerprint density at radius 3 is 2.59 bits per heavy atom. The molecule has 7 nitrogen and oxygen atoms in total. The number of ether oxygens (including phenoxy) is 1. The fourth-order valence-corrected chi connectivity index (χ4v) is 3.30. The van der Waals surface area contributed by atoms with E-state index >= 15 is 0 Å². The first-order valence-corrected chi connectivity index (χ1v) is 8.53. The van der Waals surface area contributed by atoms with Crippen LogP contribution < -0.4 is 10.5 Å². The molecule has 0 unspecified atom stereocenters. The molecule has 7 heteroatoms. The van der Waals surface area contributed by atoms with Gasteiger partial charge in [0.15, 0.2) is 0 Å². The normalized spacial score (nSPS) is 10.6. The number of benzene rings is 1. The number of aryl methyl sites for hydroxylation is 2. The standard InChI is InChI=1S/C20H21N5O2/c1-5-25-12(3)19(11(2)24-25)17-9-15(16(10-21)20(22)23-17)14-7-6-13(26)8-18(14)27-4/h6-9,26H,5H2,1-4H3,(H2,22,23). The fraction of sp³-hybridized carbons (Fsp3) is 0.250. The van der Waals surface area contributed by atoms with Gasteiger partial charge in [0.25, 0.3) is 0 Å². The SMILES string of the molecule is CCn1nc(C)c(-c2cc(-c3ccc(O)cc3OC)c(C#N)c(N)n2)c1C. The Labute approximate surface area is 157 Å². The second kappa shape index (κ2) is 7.00. The van der Waals surface area contributed by atoms with E-state index in [0.29, 0.717) is 22.6 Å². The van der Waals surface area contributed by atoms with Gasteiger partial charge in [-0.25, -0.2) is 4.98 Å². The molecule has 0 fully saturated rings. The van der Waals surface area contributed by atoms with Gasteiger partial charge in [-0.2, -0.15) is 10.4 Å². The highest BCUT2D eigenvalue weighted by Crippen LogP contribution is 2.39. The highest BCUT2D eigenvalue weighted by Gasteiger charge is 2.20. The van der Waals surface area contributed by atoms with Crippen molar-refractivity contribution in [2.75, 3.05) is 12.8 Å². The lowest BCUT2D eigenvalue weighted by Gasteiger charge is -2.13. The molecule has 3 aromatic rings. The molecule has 138 valence electrons. The average molecular weight is 363 g/mol. The highest BCUT2D eigenvalue weighted by molar-refractivity contribution is 5.84. The second-order valence-electron chi connectivity index (χ2n) is 6.17. The zero-order chi connectivity index (χ0) is 19.7. The first kappa shape index (κ1) is 18.3. The third kappa shape index (κ3) is 3.06. The van der Waals surface area contributed by atoms with E-state index < -0.39 is 0 Å². The number of pyridine rings is 1. The van der Waals surface area contributed by atoms with Gasteiger partial charge in [0, 0.05) is 35.0 Å². The van der Waals surface area contributed by atoms with Crippen LogP contribution in [0.2, 0.25) is 0 Å². The number of aromatic nitrogens is 3. The second-order valence-corrected chi connectivity index (χ2v) is 6.17. The summed E-state index contributed by atoms with van der Waals surface area (Å²) >= 11 is 0. The lowest BCUT2D eigenvalue weighted by atomic mass is 9.97. The molecule has 3 N–H and O–H groups in total. The van der Waals surface area contributed by atoms with Gasteiger partial charge in [-0.1, -0.05) is 0 Å². The Bertz CT molecular complexity index is 1060. The maximum absolute atomic E-state index is 9.74. The molecule has 2 heterocycles. The van der Waals surface area contributed by atoms with Crippen LogP contribution in [0, 0.1) is 25.2 Å². The number of nitriles is 1. The van der Waals surface area contributed by atoms with Crippen molar-refractivity contribution in [2.24, 2.45) is 0 Å². The number of methoxy groups -OCH3 is 1. The molecule has 1 aromatic carbocycles. The van der Waals surface area contributed by atoms with Crippen molar-refractivity contribution in [1.29, 1.82) is 5.26 Å². The van der Waals surface area contributed by atoms with Crippen molar-refractivity contribution in [3.8, 4) is 40.0 Å². The van der Waals surface area contributed by atoms with Crippen LogP contribution >= 0.6 is 0 Å². The Hall–Kier alpha value is -3.53. The molecule has 0 aliphatic heterocycles. The molecule has 0 aliphatic rings. The number of aromatic hydroxyl groups is 1. The highest BCUT2D eigenvalue weighted by atomic mass is 16.5. The van der Waals surface area contributed by atoms with Crippen LogP contribution in [0.5, 0.6) is 11.5 Å². The van der Waals surface area contributed by atoms with Gasteiger partial charge < -0.3 is 15.6 Å². The molecule has 0 radical (unpaired) electrons. The van der Waals surface area contributed by atoms with Crippen LogP contribution in [0.4, 0.5) is 5.82 Å². The smallest absolute Gasteiger partial charge is 0.142 e. The third-order valence-electron chi connectivity index (χ3n) is 4.57. The molecule has 0 spiro atoms. The molecule has 0 amide bonds.